The Balaban J connectivity index is 1.57. The number of nitrogens with one attached hydrogen (secondary N) is 1. The molecule has 1 N–H and O–H groups in total. The van der Waals surface area contributed by atoms with Gasteiger partial charge < -0.3 is 9.32 Å². The third-order valence-corrected chi connectivity index (χ3v) is 5.58. The molecule has 1 aliphatic heterocycles. The molecule has 1 unspecified atom stereocenters. The summed E-state index contributed by atoms with van der Waals surface area (Å²) >= 11 is 1.23. The molecule has 1 amide bonds. The van der Waals surface area contributed by atoms with Crippen LogP contribution in [0.5, 0.6) is 0 Å². The summed E-state index contributed by atoms with van der Waals surface area (Å²) in [5.41, 5.74) is 1.13. The normalized spacial score (nSPS) is 17.7. The van der Waals surface area contributed by atoms with Crippen molar-refractivity contribution in [1.29, 1.82) is 0 Å². The summed E-state index contributed by atoms with van der Waals surface area (Å²) in [6, 6.07) is 6.62. The molecule has 10 heteroatoms. The fraction of sp³-hybridized carbons (Fsp3) is 0.471. The summed E-state index contributed by atoms with van der Waals surface area (Å²) in [7, 11) is -3.32. The lowest BCUT2D eigenvalue weighted by Crippen LogP contribution is -2.40. The van der Waals surface area contributed by atoms with Crippen molar-refractivity contribution < 1.29 is 17.6 Å². The number of sulfonamides is 1. The molecule has 2 heterocycles. The summed E-state index contributed by atoms with van der Waals surface area (Å²) < 4.78 is 30.5. The van der Waals surface area contributed by atoms with Crippen molar-refractivity contribution in [2.24, 2.45) is 5.92 Å². The molecule has 1 fully saturated rings. The van der Waals surface area contributed by atoms with E-state index in [0.29, 0.717) is 28.3 Å². The largest absolute Gasteiger partial charge is 0.411 e. The number of thioether (sulfide) groups is 1. The number of aromatic nitrogens is 2. The molecule has 1 atom stereocenters. The molecule has 0 spiro atoms. The quantitative estimate of drug-likeness (QED) is 0.729. The molecule has 8 nitrogen and oxygen atoms in total. The number of benzene rings is 1. The molecule has 0 bridgehead atoms. The molecule has 0 radical (unpaired) electrons. The number of amides is 1. The second kappa shape index (κ2) is 8.30. The molecular formula is C17H22N4O4S2. The second-order valence-corrected chi connectivity index (χ2v) is 9.38. The van der Waals surface area contributed by atoms with E-state index in [2.05, 4.69) is 21.8 Å². The van der Waals surface area contributed by atoms with Gasteiger partial charge in [-0.15, -0.1) is 10.2 Å². The number of piperidine rings is 1. The first kappa shape index (κ1) is 19.7. The van der Waals surface area contributed by atoms with E-state index in [1.807, 2.05) is 4.90 Å². The van der Waals surface area contributed by atoms with Crippen LogP contribution in [0.1, 0.15) is 19.8 Å². The summed E-state index contributed by atoms with van der Waals surface area (Å²) in [6.45, 7) is 3.78. The van der Waals surface area contributed by atoms with Gasteiger partial charge in [0.15, 0.2) is 0 Å². The van der Waals surface area contributed by atoms with Crippen LogP contribution in [-0.2, 0) is 14.8 Å². The van der Waals surface area contributed by atoms with E-state index in [1.165, 1.54) is 18.2 Å². The lowest BCUT2D eigenvalue weighted by molar-refractivity contribution is -0.130. The number of likely N-dealkylation sites (tertiary alicyclic amines) is 1. The Bertz CT molecular complexity index is 896. The predicted octanol–water partition coefficient (Wildman–Crippen LogP) is 2.46. The smallest absolute Gasteiger partial charge is 0.277 e. The van der Waals surface area contributed by atoms with Crippen molar-refractivity contribution in [2.45, 2.75) is 25.0 Å². The van der Waals surface area contributed by atoms with Crippen molar-refractivity contribution in [3.63, 3.8) is 0 Å². The average Bonchev–Trinajstić information content (AvgIpc) is 3.08. The molecule has 0 saturated carbocycles. The highest BCUT2D eigenvalue weighted by molar-refractivity contribution is 7.99. The molecule has 27 heavy (non-hydrogen) atoms. The second-order valence-electron chi connectivity index (χ2n) is 6.70. The van der Waals surface area contributed by atoms with Gasteiger partial charge in [0.25, 0.3) is 5.22 Å². The SMILES string of the molecule is CC1CCCN(C(=O)CSc2nnc(-c3ccc(NS(C)(=O)=O)cc3)o2)C1. The lowest BCUT2D eigenvalue weighted by atomic mass is 10.0. The van der Waals surface area contributed by atoms with Crippen LogP contribution in [0.3, 0.4) is 0 Å². The summed E-state index contributed by atoms with van der Waals surface area (Å²) in [5, 5.41) is 8.30. The maximum absolute atomic E-state index is 12.3. The number of nitrogens with zero attached hydrogens (tertiary/aromatic N) is 3. The molecule has 3 rings (SSSR count). The number of carbonyl (C=O) groups excluding carboxylic acids is 1. The van der Waals surface area contributed by atoms with E-state index < -0.39 is 10.0 Å². The van der Waals surface area contributed by atoms with E-state index in [-0.39, 0.29) is 11.7 Å². The van der Waals surface area contributed by atoms with Crippen LogP contribution in [0.2, 0.25) is 0 Å². The molecule has 146 valence electrons. The highest BCUT2D eigenvalue weighted by Gasteiger charge is 2.21. The van der Waals surface area contributed by atoms with Crippen molar-refractivity contribution >= 4 is 33.4 Å². The molecular weight excluding hydrogens is 388 g/mol. The van der Waals surface area contributed by atoms with Gasteiger partial charge in [0, 0.05) is 24.3 Å². The fourth-order valence-electron chi connectivity index (χ4n) is 2.91. The highest BCUT2D eigenvalue weighted by atomic mass is 32.2. The molecule has 1 saturated heterocycles. The van der Waals surface area contributed by atoms with E-state index in [1.54, 1.807) is 24.3 Å². The molecule has 2 aromatic rings. The minimum atomic E-state index is -3.32. The van der Waals surface area contributed by atoms with Crippen LogP contribution in [-0.4, -0.2) is 54.5 Å². The molecule has 1 aromatic heterocycles. The Morgan fingerprint density at radius 2 is 2.07 bits per heavy atom. The molecule has 1 aliphatic rings. The van der Waals surface area contributed by atoms with Crippen molar-refractivity contribution in [3.05, 3.63) is 24.3 Å². The van der Waals surface area contributed by atoms with Gasteiger partial charge in [-0.2, -0.15) is 0 Å². The van der Waals surface area contributed by atoms with E-state index >= 15 is 0 Å². The van der Waals surface area contributed by atoms with Gasteiger partial charge in [0.2, 0.25) is 21.8 Å². The monoisotopic (exact) mass is 410 g/mol. The van der Waals surface area contributed by atoms with Gasteiger partial charge in [-0.1, -0.05) is 18.7 Å². The minimum absolute atomic E-state index is 0.0857. The summed E-state index contributed by atoms with van der Waals surface area (Å²) in [4.78, 5) is 14.2. The number of hydrogen-bond donors (Lipinski definition) is 1. The number of rotatable bonds is 6. The van der Waals surface area contributed by atoms with Gasteiger partial charge in [-0.05, 0) is 43.0 Å². The van der Waals surface area contributed by atoms with Crippen LogP contribution in [0, 0.1) is 5.92 Å². The van der Waals surface area contributed by atoms with Gasteiger partial charge >= 0.3 is 0 Å². The third kappa shape index (κ3) is 5.70. The van der Waals surface area contributed by atoms with Crippen LogP contribution in [0.4, 0.5) is 5.69 Å². The highest BCUT2D eigenvalue weighted by Crippen LogP contribution is 2.25. The van der Waals surface area contributed by atoms with Crippen LogP contribution in [0.25, 0.3) is 11.5 Å². The fourth-order valence-corrected chi connectivity index (χ4v) is 4.14. The Morgan fingerprint density at radius 3 is 2.74 bits per heavy atom. The van der Waals surface area contributed by atoms with Gasteiger partial charge in [0.1, 0.15) is 0 Å². The Morgan fingerprint density at radius 1 is 1.33 bits per heavy atom. The van der Waals surface area contributed by atoms with Gasteiger partial charge in [-0.3, -0.25) is 9.52 Å². The molecule has 0 aliphatic carbocycles. The first-order chi connectivity index (χ1) is 12.8. The number of anilines is 1. The zero-order valence-electron chi connectivity index (χ0n) is 15.2. The summed E-state index contributed by atoms with van der Waals surface area (Å²) in [6.07, 6.45) is 3.31. The zero-order chi connectivity index (χ0) is 19.4. The van der Waals surface area contributed by atoms with E-state index in [0.717, 1.165) is 25.8 Å². The Hall–Kier alpha value is -2.07. The Labute approximate surface area is 162 Å². The zero-order valence-corrected chi connectivity index (χ0v) is 16.8. The number of carbonyl (C=O) groups is 1. The van der Waals surface area contributed by atoms with Crippen LogP contribution in [0.15, 0.2) is 33.9 Å². The minimum Gasteiger partial charge on any atom is -0.411 e. The van der Waals surface area contributed by atoms with Gasteiger partial charge in [-0.25, -0.2) is 8.42 Å². The maximum atomic E-state index is 12.3. The maximum Gasteiger partial charge on any atom is 0.277 e. The molecule has 1 aromatic carbocycles. The van der Waals surface area contributed by atoms with Crippen molar-refractivity contribution in [3.8, 4) is 11.5 Å². The van der Waals surface area contributed by atoms with Crippen LogP contribution >= 0.6 is 11.8 Å². The first-order valence-corrected chi connectivity index (χ1v) is 11.5. The van der Waals surface area contributed by atoms with Crippen LogP contribution < -0.4 is 4.72 Å². The third-order valence-electron chi connectivity index (χ3n) is 4.17. The Kier molecular flexibility index (Phi) is 6.05. The lowest BCUT2D eigenvalue weighted by Gasteiger charge is -2.30. The standard InChI is InChI=1S/C17H22N4O4S2/c1-12-4-3-9-21(10-12)15(22)11-26-17-19-18-16(25-17)13-5-7-14(8-6-13)20-27(2,23)24/h5-8,12,20H,3-4,9-11H2,1-2H3. The first-order valence-electron chi connectivity index (χ1n) is 8.62. The van der Waals surface area contributed by atoms with Crippen molar-refractivity contribution in [1.82, 2.24) is 15.1 Å². The number of hydrogen-bond acceptors (Lipinski definition) is 7. The topological polar surface area (TPSA) is 105 Å². The van der Waals surface area contributed by atoms with E-state index in [4.69, 9.17) is 4.42 Å². The van der Waals surface area contributed by atoms with Gasteiger partial charge in [0.05, 0.1) is 12.0 Å². The summed E-state index contributed by atoms with van der Waals surface area (Å²) in [5.74, 6) is 1.22. The predicted molar refractivity (Wildman–Crippen MR) is 104 cm³/mol. The van der Waals surface area contributed by atoms with Crippen molar-refractivity contribution in [2.75, 3.05) is 29.8 Å². The average molecular weight is 411 g/mol. The van der Waals surface area contributed by atoms with E-state index in [9.17, 15) is 13.2 Å².